The quantitative estimate of drug-likeness (QED) is 0.218. The van der Waals surface area contributed by atoms with E-state index >= 15 is 0 Å². The number of carbonyl (C=O) groups is 3. The van der Waals surface area contributed by atoms with E-state index in [1.165, 1.54) is 28.0 Å². The summed E-state index contributed by atoms with van der Waals surface area (Å²) in [5.41, 5.74) is 2.95. The van der Waals surface area contributed by atoms with E-state index in [-0.39, 0.29) is 30.6 Å². The molecule has 0 aliphatic carbocycles. The number of para-hydroxylation sites is 3. The van der Waals surface area contributed by atoms with Gasteiger partial charge in [0.05, 0.1) is 29.7 Å². The molecule has 0 saturated heterocycles. The number of rotatable bonds is 8. The molecule has 0 radical (unpaired) electrons. The number of anilines is 4. The molecular weight excluding hydrogens is 573 g/mol. The Kier molecular flexibility index (Phi) is 8.04. The standard InChI is InChI=1S/C35H32FN5O4/c1-22(2)40(24-15-17-26(45-3)18-16-24)33(42)21-39-31-13-6-7-14-32(31)41(25-10-8-9-23(36)19-25)35(44)28(34(39)43)20-30-27-11-4-5-12-29(27)37-38-30/h4-19,22,28H,20-21H2,1-3H3,(H,37,38). The molecule has 1 aliphatic rings. The van der Waals surface area contributed by atoms with Gasteiger partial charge >= 0.3 is 0 Å². The molecular formula is C35H32FN5O4. The van der Waals surface area contributed by atoms with Gasteiger partial charge in [0.1, 0.15) is 24.0 Å². The lowest BCUT2D eigenvalue weighted by atomic mass is 9.98. The second-order valence-corrected chi connectivity index (χ2v) is 11.1. The Morgan fingerprint density at radius 2 is 1.64 bits per heavy atom. The number of benzene rings is 4. The Balaban J connectivity index is 1.45. The lowest BCUT2D eigenvalue weighted by molar-refractivity contribution is -0.132. The molecule has 0 saturated carbocycles. The molecule has 1 unspecified atom stereocenters. The third kappa shape index (κ3) is 5.62. The summed E-state index contributed by atoms with van der Waals surface area (Å²) < 4.78 is 19.8. The van der Waals surface area contributed by atoms with E-state index in [9.17, 15) is 18.8 Å². The molecule has 0 fully saturated rings. The topological polar surface area (TPSA) is 98.8 Å². The largest absolute Gasteiger partial charge is 0.497 e. The number of H-pyrrole nitrogens is 1. The van der Waals surface area contributed by atoms with Crippen molar-refractivity contribution in [3.8, 4) is 5.75 Å². The molecule has 0 spiro atoms. The van der Waals surface area contributed by atoms with Crippen molar-refractivity contribution in [2.75, 3.05) is 28.4 Å². The molecule has 1 N–H and O–H groups in total. The van der Waals surface area contributed by atoms with E-state index in [0.29, 0.717) is 34.0 Å². The molecule has 1 atom stereocenters. The van der Waals surface area contributed by atoms with Gasteiger partial charge in [-0.15, -0.1) is 0 Å². The maximum Gasteiger partial charge on any atom is 0.247 e. The van der Waals surface area contributed by atoms with Crippen LogP contribution in [0.1, 0.15) is 19.5 Å². The van der Waals surface area contributed by atoms with Crippen LogP contribution in [-0.4, -0.2) is 47.6 Å². The Hall–Kier alpha value is -5.51. The number of ether oxygens (including phenoxy) is 1. The van der Waals surface area contributed by atoms with E-state index in [1.54, 1.807) is 66.6 Å². The molecule has 1 aliphatic heterocycles. The number of hydrogen-bond donors (Lipinski definition) is 1. The van der Waals surface area contributed by atoms with Gasteiger partial charge in [-0.25, -0.2) is 4.39 Å². The number of halogens is 1. The van der Waals surface area contributed by atoms with Crippen LogP contribution in [0.25, 0.3) is 10.9 Å². The van der Waals surface area contributed by atoms with E-state index in [2.05, 4.69) is 10.2 Å². The summed E-state index contributed by atoms with van der Waals surface area (Å²) in [6.07, 6.45) is -0.00491. The van der Waals surface area contributed by atoms with Crippen LogP contribution in [0.4, 0.5) is 27.1 Å². The van der Waals surface area contributed by atoms with Crippen molar-refractivity contribution >= 4 is 51.4 Å². The van der Waals surface area contributed by atoms with Crippen LogP contribution in [0.5, 0.6) is 5.75 Å². The lowest BCUT2D eigenvalue weighted by Gasteiger charge is -2.31. The van der Waals surface area contributed by atoms with Crippen LogP contribution in [0.3, 0.4) is 0 Å². The zero-order valence-corrected chi connectivity index (χ0v) is 25.1. The Bertz CT molecular complexity index is 1890. The average molecular weight is 606 g/mol. The smallest absolute Gasteiger partial charge is 0.247 e. The number of aromatic amines is 1. The van der Waals surface area contributed by atoms with Crippen molar-refractivity contribution in [2.45, 2.75) is 26.3 Å². The van der Waals surface area contributed by atoms with Gasteiger partial charge in [0.15, 0.2) is 0 Å². The molecule has 4 aromatic carbocycles. The van der Waals surface area contributed by atoms with Crippen LogP contribution < -0.4 is 19.4 Å². The maximum atomic E-state index is 14.6. The highest BCUT2D eigenvalue weighted by atomic mass is 19.1. The van der Waals surface area contributed by atoms with Crippen molar-refractivity contribution in [2.24, 2.45) is 5.92 Å². The van der Waals surface area contributed by atoms with Crippen molar-refractivity contribution in [1.29, 1.82) is 0 Å². The third-order valence-electron chi connectivity index (χ3n) is 7.94. The van der Waals surface area contributed by atoms with Crippen molar-refractivity contribution in [3.63, 3.8) is 0 Å². The molecule has 9 nitrogen and oxygen atoms in total. The minimum Gasteiger partial charge on any atom is -0.497 e. The minimum atomic E-state index is -1.24. The van der Waals surface area contributed by atoms with E-state index < -0.39 is 23.5 Å². The fourth-order valence-electron chi connectivity index (χ4n) is 5.85. The van der Waals surface area contributed by atoms with Gasteiger partial charge in [-0.3, -0.25) is 24.4 Å². The van der Waals surface area contributed by atoms with Gasteiger partial charge in [-0.05, 0) is 74.5 Å². The first-order valence-electron chi connectivity index (χ1n) is 14.6. The molecule has 6 rings (SSSR count). The normalized spacial score (nSPS) is 14.9. The van der Waals surface area contributed by atoms with Crippen LogP contribution in [0, 0.1) is 11.7 Å². The second-order valence-electron chi connectivity index (χ2n) is 11.1. The van der Waals surface area contributed by atoms with Crippen LogP contribution in [-0.2, 0) is 20.8 Å². The molecule has 3 amide bonds. The summed E-state index contributed by atoms with van der Waals surface area (Å²) in [7, 11) is 1.57. The molecule has 45 heavy (non-hydrogen) atoms. The molecule has 0 bridgehead atoms. The highest BCUT2D eigenvalue weighted by Crippen LogP contribution is 2.40. The summed E-state index contributed by atoms with van der Waals surface area (Å²) in [6, 6.07) is 26.9. The SMILES string of the molecule is COc1ccc(N(C(=O)CN2C(=O)C(Cc3[nH]nc4ccccc34)C(=O)N(c3cccc(F)c3)c3ccccc32)C(C)C)cc1. The number of fused-ring (bicyclic) bond motifs is 2. The number of hydrogen-bond acceptors (Lipinski definition) is 5. The Morgan fingerprint density at radius 3 is 2.36 bits per heavy atom. The van der Waals surface area contributed by atoms with Crippen molar-refractivity contribution < 1.29 is 23.5 Å². The highest BCUT2D eigenvalue weighted by Gasteiger charge is 2.42. The average Bonchev–Trinajstić information content (AvgIpc) is 3.42. The van der Waals surface area contributed by atoms with Gasteiger partial charge in [0.2, 0.25) is 17.7 Å². The summed E-state index contributed by atoms with van der Waals surface area (Å²) in [4.78, 5) is 47.5. The summed E-state index contributed by atoms with van der Waals surface area (Å²) >= 11 is 0. The molecule has 1 aromatic heterocycles. The molecule has 2 heterocycles. The van der Waals surface area contributed by atoms with Gasteiger partial charge in [0, 0.05) is 29.2 Å². The van der Waals surface area contributed by atoms with E-state index in [0.717, 1.165) is 5.39 Å². The van der Waals surface area contributed by atoms with Gasteiger partial charge in [-0.1, -0.05) is 36.4 Å². The lowest BCUT2D eigenvalue weighted by Crippen LogP contribution is -2.48. The number of methoxy groups -OCH3 is 1. The van der Waals surface area contributed by atoms with Crippen LogP contribution >= 0.6 is 0 Å². The predicted octanol–water partition coefficient (Wildman–Crippen LogP) is 6.02. The van der Waals surface area contributed by atoms with Crippen LogP contribution in [0.2, 0.25) is 0 Å². The third-order valence-corrected chi connectivity index (χ3v) is 7.94. The molecule has 5 aromatic rings. The summed E-state index contributed by atoms with van der Waals surface area (Å²) in [5.74, 6) is -2.54. The van der Waals surface area contributed by atoms with Gasteiger partial charge in [0.25, 0.3) is 0 Å². The van der Waals surface area contributed by atoms with E-state index in [4.69, 9.17) is 4.74 Å². The van der Waals surface area contributed by atoms with Crippen molar-refractivity contribution in [3.05, 3.63) is 109 Å². The summed E-state index contributed by atoms with van der Waals surface area (Å²) in [5, 5.41) is 8.12. The first kappa shape index (κ1) is 29.6. The molecule has 228 valence electrons. The fourth-order valence-corrected chi connectivity index (χ4v) is 5.85. The first-order valence-corrected chi connectivity index (χ1v) is 14.6. The summed E-state index contributed by atoms with van der Waals surface area (Å²) in [6.45, 7) is 3.45. The first-order chi connectivity index (χ1) is 21.8. The number of nitrogens with zero attached hydrogens (tertiary/aromatic N) is 4. The number of amides is 3. The monoisotopic (exact) mass is 605 g/mol. The Morgan fingerprint density at radius 1 is 0.933 bits per heavy atom. The Labute approximate surface area is 259 Å². The zero-order valence-electron chi connectivity index (χ0n) is 25.1. The number of carbonyl (C=O) groups excluding carboxylic acids is 3. The number of aromatic nitrogens is 2. The zero-order chi connectivity index (χ0) is 31.7. The van der Waals surface area contributed by atoms with Gasteiger partial charge in [-0.2, -0.15) is 5.10 Å². The minimum absolute atomic E-state index is 0.00491. The predicted molar refractivity (Wildman–Crippen MR) is 171 cm³/mol. The molecule has 10 heteroatoms. The van der Waals surface area contributed by atoms with E-state index in [1.807, 2.05) is 38.1 Å². The van der Waals surface area contributed by atoms with Crippen molar-refractivity contribution in [1.82, 2.24) is 10.2 Å². The fraction of sp³-hybridized carbons (Fsp3) is 0.200. The highest BCUT2D eigenvalue weighted by molar-refractivity contribution is 6.21. The van der Waals surface area contributed by atoms with Crippen LogP contribution in [0.15, 0.2) is 97.1 Å². The maximum absolute atomic E-state index is 14.6. The van der Waals surface area contributed by atoms with Gasteiger partial charge < -0.3 is 14.5 Å². The number of nitrogens with one attached hydrogen (secondary N) is 1. The second kappa shape index (κ2) is 12.2.